The molecule has 0 saturated carbocycles. The monoisotopic (exact) mass is 247 g/mol. The second-order valence-electron chi connectivity index (χ2n) is 5.29. The van der Waals surface area contributed by atoms with Crippen molar-refractivity contribution in [1.29, 1.82) is 0 Å². The first-order valence-electron chi connectivity index (χ1n) is 5.76. The fourth-order valence-electron chi connectivity index (χ4n) is 1.66. The lowest BCUT2D eigenvalue weighted by molar-refractivity contribution is 0.0516. The third-order valence-corrected chi connectivity index (χ3v) is 2.49. The average molecular weight is 247 g/mol. The molecular formula is C13H17N3O2. The van der Waals surface area contributed by atoms with Crippen LogP contribution in [0.2, 0.25) is 0 Å². The van der Waals surface area contributed by atoms with Crippen LogP contribution in [-0.4, -0.2) is 21.5 Å². The van der Waals surface area contributed by atoms with Crippen LogP contribution < -0.4 is 5.73 Å². The van der Waals surface area contributed by atoms with E-state index < -0.39 is 11.7 Å². The van der Waals surface area contributed by atoms with Gasteiger partial charge in [-0.15, -0.1) is 0 Å². The molecule has 0 fully saturated rings. The van der Waals surface area contributed by atoms with Crippen molar-refractivity contribution in [3.8, 4) is 0 Å². The first-order chi connectivity index (χ1) is 8.28. The summed E-state index contributed by atoms with van der Waals surface area (Å²) < 4.78 is 6.45. The maximum Gasteiger partial charge on any atom is 0.435 e. The number of carbonyl (C=O) groups excluding carboxylic acids is 1. The molecule has 0 spiro atoms. The molecule has 18 heavy (non-hydrogen) atoms. The lowest BCUT2D eigenvalue weighted by Gasteiger charge is -2.18. The van der Waals surface area contributed by atoms with E-state index in [-0.39, 0.29) is 0 Å². The maximum absolute atomic E-state index is 11.9. The van der Waals surface area contributed by atoms with Crippen molar-refractivity contribution in [2.45, 2.75) is 33.3 Å². The Morgan fingerprint density at radius 3 is 2.61 bits per heavy atom. The molecular weight excluding hydrogens is 230 g/mol. The van der Waals surface area contributed by atoms with Gasteiger partial charge in [0.1, 0.15) is 5.60 Å². The highest BCUT2D eigenvalue weighted by Gasteiger charge is 2.19. The molecule has 2 aromatic rings. The van der Waals surface area contributed by atoms with Gasteiger partial charge in [0, 0.05) is 17.3 Å². The number of nitrogens with zero attached hydrogens (tertiary/aromatic N) is 2. The number of hydrogen-bond donors (Lipinski definition) is 1. The summed E-state index contributed by atoms with van der Waals surface area (Å²) in [5.41, 5.74) is 7.61. The first-order valence-corrected chi connectivity index (χ1v) is 5.76. The fraction of sp³-hybridized carbons (Fsp3) is 0.385. The Labute approximate surface area is 106 Å². The minimum Gasteiger partial charge on any atom is -0.442 e. The van der Waals surface area contributed by atoms with Crippen LogP contribution in [-0.2, 0) is 4.74 Å². The van der Waals surface area contributed by atoms with Crippen molar-refractivity contribution in [3.63, 3.8) is 0 Å². The van der Waals surface area contributed by atoms with Gasteiger partial charge in [-0.1, -0.05) is 6.07 Å². The zero-order valence-electron chi connectivity index (χ0n) is 11.0. The lowest BCUT2D eigenvalue weighted by Crippen LogP contribution is -2.27. The van der Waals surface area contributed by atoms with Gasteiger partial charge < -0.3 is 10.5 Å². The molecule has 1 aromatic heterocycles. The quantitative estimate of drug-likeness (QED) is 0.727. The van der Waals surface area contributed by atoms with Crippen molar-refractivity contribution >= 4 is 22.7 Å². The van der Waals surface area contributed by atoms with E-state index in [0.29, 0.717) is 5.69 Å². The molecule has 5 nitrogen and oxygen atoms in total. The second-order valence-corrected chi connectivity index (χ2v) is 5.29. The molecule has 1 heterocycles. The van der Waals surface area contributed by atoms with Crippen LogP contribution >= 0.6 is 0 Å². The Morgan fingerprint density at radius 1 is 1.39 bits per heavy atom. The smallest absolute Gasteiger partial charge is 0.435 e. The molecule has 0 atom stereocenters. The van der Waals surface area contributed by atoms with Gasteiger partial charge in [-0.25, -0.2) is 4.79 Å². The normalized spacial score (nSPS) is 11.8. The Balaban J connectivity index is 2.45. The largest absolute Gasteiger partial charge is 0.442 e. The minimum absolute atomic E-state index is 0.502. The van der Waals surface area contributed by atoms with Crippen LogP contribution in [0.25, 0.3) is 10.9 Å². The van der Waals surface area contributed by atoms with Gasteiger partial charge in [0.2, 0.25) is 0 Å². The van der Waals surface area contributed by atoms with E-state index in [1.165, 1.54) is 4.68 Å². The van der Waals surface area contributed by atoms with E-state index in [2.05, 4.69) is 5.10 Å². The summed E-state index contributed by atoms with van der Waals surface area (Å²) in [7, 11) is 0. The van der Waals surface area contributed by atoms with E-state index >= 15 is 0 Å². The molecule has 0 radical (unpaired) electrons. The highest BCUT2D eigenvalue weighted by atomic mass is 16.6. The van der Waals surface area contributed by atoms with Gasteiger partial charge in [-0.3, -0.25) is 0 Å². The van der Waals surface area contributed by atoms with Crippen molar-refractivity contribution < 1.29 is 9.53 Å². The van der Waals surface area contributed by atoms with Crippen molar-refractivity contribution in [2.24, 2.45) is 0 Å². The number of hydrogen-bond acceptors (Lipinski definition) is 4. The number of anilines is 1. The summed E-state index contributed by atoms with van der Waals surface area (Å²) in [5, 5.41) is 4.98. The van der Waals surface area contributed by atoms with E-state index in [4.69, 9.17) is 10.5 Å². The van der Waals surface area contributed by atoms with Crippen LogP contribution in [0.1, 0.15) is 26.3 Å². The molecule has 5 heteroatoms. The van der Waals surface area contributed by atoms with Crippen LogP contribution in [0, 0.1) is 6.92 Å². The second kappa shape index (κ2) is 4.01. The third-order valence-electron chi connectivity index (χ3n) is 2.49. The van der Waals surface area contributed by atoms with Gasteiger partial charge >= 0.3 is 6.09 Å². The molecule has 0 saturated heterocycles. The van der Waals surface area contributed by atoms with E-state index in [1.54, 1.807) is 12.3 Å². The number of nitrogen functional groups attached to an aromatic ring is 1. The summed E-state index contributed by atoms with van der Waals surface area (Å²) in [4.78, 5) is 11.9. The van der Waals surface area contributed by atoms with Gasteiger partial charge in [-0.2, -0.15) is 9.78 Å². The molecule has 0 aliphatic carbocycles. The lowest BCUT2D eigenvalue weighted by atomic mass is 10.1. The maximum atomic E-state index is 11.9. The molecule has 0 bridgehead atoms. The number of fused-ring (bicyclic) bond motifs is 1. The molecule has 96 valence electrons. The van der Waals surface area contributed by atoms with Crippen LogP contribution in [0.4, 0.5) is 10.5 Å². The zero-order chi connectivity index (χ0) is 13.5. The molecule has 2 rings (SSSR count). The predicted molar refractivity (Wildman–Crippen MR) is 70.5 cm³/mol. The van der Waals surface area contributed by atoms with Gasteiger partial charge in [-0.05, 0) is 39.3 Å². The molecule has 2 N–H and O–H groups in total. The third kappa shape index (κ3) is 2.30. The summed E-state index contributed by atoms with van der Waals surface area (Å²) >= 11 is 0. The number of rotatable bonds is 0. The number of aromatic nitrogens is 2. The summed E-state index contributed by atoms with van der Waals surface area (Å²) in [6.45, 7) is 7.36. The standard InChI is InChI=1S/C13H17N3O2/c1-8-5-6-10(14)9-7-16(15-11(8)9)12(17)18-13(2,3)4/h5-7H,14H2,1-4H3. The first kappa shape index (κ1) is 12.4. The van der Waals surface area contributed by atoms with E-state index in [9.17, 15) is 4.79 Å². The Kier molecular flexibility index (Phi) is 2.77. The van der Waals surface area contributed by atoms with Gasteiger partial charge in [0.25, 0.3) is 0 Å². The fourth-order valence-corrected chi connectivity index (χ4v) is 1.66. The molecule has 1 aromatic carbocycles. The van der Waals surface area contributed by atoms with Crippen LogP contribution in [0.5, 0.6) is 0 Å². The highest BCUT2D eigenvalue weighted by molar-refractivity contribution is 5.93. The van der Waals surface area contributed by atoms with Crippen molar-refractivity contribution in [1.82, 2.24) is 9.78 Å². The van der Waals surface area contributed by atoms with Crippen molar-refractivity contribution in [2.75, 3.05) is 5.73 Å². The Morgan fingerprint density at radius 2 is 2.06 bits per heavy atom. The SMILES string of the molecule is Cc1ccc(N)c2cn(C(=O)OC(C)(C)C)nc12. The van der Waals surface area contributed by atoms with Gasteiger partial charge in [0.05, 0.1) is 5.52 Å². The number of carbonyl (C=O) groups is 1. The summed E-state index contributed by atoms with van der Waals surface area (Å²) in [6, 6.07) is 3.68. The molecule has 0 unspecified atom stereocenters. The zero-order valence-corrected chi connectivity index (χ0v) is 11.0. The van der Waals surface area contributed by atoms with E-state index in [1.807, 2.05) is 33.8 Å². The number of nitrogens with two attached hydrogens (primary N) is 1. The molecule has 0 aliphatic heterocycles. The number of ether oxygens (including phenoxy) is 1. The Bertz CT molecular complexity index is 569. The van der Waals surface area contributed by atoms with Gasteiger partial charge in [0.15, 0.2) is 0 Å². The predicted octanol–water partition coefficient (Wildman–Crippen LogP) is 2.71. The molecule has 0 amide bonds. The molecule has 0 aliphatic rings. The topological polar surface area (TPSA) is 70.1 Å². The summed E-state index contributed by atoms with van der Waals surface area (Å²) in [6.07, 6.45) is 1.10. The summed E-state index contributed by atoms with van der Waals surface area (Å²) in [5.74, 6) is 0. The number of aryl methyl sites for hydroxylation is 1. The van der Waals surface area contributed by atoms with Crippen LogP contribution in [0.3, 0.4) is 0 Å². The average Bonchev–Trinajstić information content (AvgIpc) is 2.67. The van der Waals surface area contributed by atoms with E-state index in [0.717, 1.165) is 16.5 Å². The van der Waals surface area contributed by atoms with Crippen LogP contribution in [0.15, 0.2) is 18.3 Å². The van der Waals surface area contributed by atoms with Crippen molar-refractivity contribution in [3.05, 3.63) is 23.9 Å². The Hall–Kier alpha value is -2.04. The highest BCUT2D eigenvalue weighted by Crippen LogP contribution is 2.23. The number of benzene rings is 1. The minimum atomic E-state index is -0.546.